The first-order chi connectivity index (χ1) is 13.3. The lowest BCUT2D eigenvalue weighted by molar-refractivity contribution is -0.530. The molecule has 150 valence electrons. The standard InChI is InChI=1S/C18H18Cl2F2N4O2/c1-25-16(12(19)8-24)11-6-15(28-17(11)20)18(27)26-10(7-23)4-9-2-3-13(21)14(22)5-9/h2-3,5-6,8,10,24-25H,4,7,23H2,1H3,(H,26,27)/p+1. The Morgan fingerprint density at radius 3 is 2.68 bits per heavy atom. The maximum atomic E-state index is 13.4. The Labute approximate surface area is 170 Å². The van der Waals surface area contributed by atoms with Crippen LogP contribution in [0.3, 0.4) is 0 Å². The third-order valence-corrected chi connectivity index (χ3v) is 4.55. The molecule has 1 aromatic carbocycles. The summed E-state index contributed by atoms with van der Waals surface area (Å²) in [4.78, 5) is 12.5. The Morgan fingerprint density at radius 2 is 2.11 bits per heavy atom. The number of halogens is 4. The van der Waals surface area contributed by atoms with Gasteiger partial charge >= 0.3 is 0 Å². The number of quaternary nitrogens is 1. The van der Waals surface area contributed by atoms with E-state index in [2.05, 4.69) is 5.32 Å². The first-order valence-corrected chi connectivity index (χ1v) is 9.00. The first-order valence-electron chi connectivity index (χ1n) is 8.24. The molecule has 0 saturated carbocycles. The van der Waals surface area contributed by atoms with E-state index in [4.69, 9.17) is 38.8 Å². The van der Waals surface area contributed by atoms with Crippen LogP contribution in [-0.2, 0) is 6.42 Å². The highest BCUT2D eigenvalue weighted by atomic mass is 35.5. The number of carbonyl (C=O) groups excluding carboxylic acids is 1. The van der Waals surface area contributed by atoms with Gasteiger partial charge in [-0.15, -0.1) is 0 Å². The summed E-state index contributed by atoms with van der Waals surface area (Å²) >= 11 is 12.0. The smallest absolute Gasteiger partial charge is 0.287 e. The molecule has 1 amide bonds. The highest BCUT2D eigenvalue weighted by Crippen LogP contribution is 2.27. The summed E-state index contributed by atoms with van der Waals surface area (Å²) in [5.41, 5.74) is 6.98. The lowest BCUT2D eigenvalue weighted by atomic mass is 10.1. The zero-order valence-electron chi connectivity index (χ0n) is 14.9. The van der Waals surface area contributed by atoms with Gasteiger partial charge in [0.2, 0.25) is 5.22 Å². The molecule has 28 heavy (non-hydrogen) atoms. The molecule has 2 rings (SSSR count). The van der Waals surface area contributed by atoms with E-state index in [9.17, 15) is 13.6 Å². The van der Waals surface area contributed by atoms with Crippen molar-refractivity contribution < 1.29 is 23.3 Å². The van der Waals surface area contributed by atoms with Gasteiger partial charge in [-0.25, -0.2) is 8.78 Å². The molecule has 10 heteroatoms. The van der Waals surface area contributed by atoms with E-state index in [1.807, 2.05) is 0 Å². The van der Waals surface area contributed by atoms with Gasteiger partial charge in [-0.1, -0.05) is 17.7 Å². The van der Waals surface area contributed by atoms with Crippen LogP contribution in [-0.4, -0.2) is 31.8 Å². The van der Waals surface area contributed by atoms with Gasteiger partial charge in [0.15, 0.2) is 23.1 Å². The Bertz CT molecular complexity index is 915. The van der Waals surface area contributed by atoms with Crippen molar-refractivity contribution in [2.75, 3.05) is 13.6 Å². The molecular weight excluding hydrogens is 413 g/mol. The fraction of sp³-hybridized carbons (Fsp3) is 0.222. The van der Waals surface area contributed by atoms with Gasteiger partial charge in [-0.2, -0.15) is 0 Å². The zero-order chi connectivity index (χ0) is 20.8. The van der Waals surface area contributed by atoms with E-state index in [1.54, 1.807) is 12.4 Å². The summed E-state index contributed by atoms with van der Waals surface area (Å²) in [7, 11) is 1.70. The lowest BCUT2D eigenvalue weighted by Gasteiger charge is -2.16. The SMILES string of the molecule is C[NH2+]C(=C(Cl)C=N)c1cc(C(=O)NC(CN)Cc2ccc(F)c(F)c2)oc1Cl. The van der Waals surface area contributed by atoms with Gasteiger partial charge in [0, 0.05) is 24.9 Å². The van der Waals surface area contributed by atoms with E-state index in [-0.39, 0.29) is 29.0 Å². The Morgan fingerprint density at radius 1 is 1.39 bits per heavy atom. The lowest BCUT2D eigenvalue weighted by Crippen LogP contribution is -2.76. The highest BCUT2D eigenvalue weighted by Gasteiger charge is 2.23. The normalized spacial score (nSPS) is 13.1. The van der Waals surface area contributed by atoms with Crippen molar-refractivity contribution >= 4 is 41.0 Å². The predicted molar refractivity (Wildman–Crippen MR) is 103 cm³/mol. The van der Waals surface area contributed by atoms with E-state index in [0.717, 1.165) is 18.3 Å². The third kappa shape index (κ3) is 5.17. The largest absolute Gasteiger partial charge is 0.439 e. The zero-order valence-corrected chi connectivity index (χ0v) is 16.4. The molecule has 1 atom stereocenters. The molecule has 0 bridgehead atoms. The second-order valence-electron chi connectivity index (χ2n) is 5.85. The minimum atomic E-state index is -0.972. The summed E-state index contributed by atoms with van der Waals surface area (Å²) in [5.74, 6) is -2.57. The number of amides is 1. The molecule has 0 radical (unpaired) electrons. The van der Waals surface area contributed by atoms with E-state index >= 15 is 0 Å². The number of hydrogen-bond donors (Lipinski definition) is 4. The van der Waals surface area contributed by atoms with E-state index in [1.165, 1.54) is 12.1 Å². The monoisotopic (exact) mass is 431 g/mol. The molecule has 1 unspecified atom stereocenters. The van der Waals surface area contributed by atoms with Crippen molar-refractivity contribution in [1.29, 1.82) is 5.41 Å². The van der Waals surface area contributed by atoms with Crippen LogP contribution in [0.1, 0.15) is 21.7 Å². The van der Waals surface area contributed by atoms with Gasteiger partial charge in [0.05, 0.1) is 12.6 Å². The van der Waals surface area contributed by atoms with Gasteiger partial charge in [-0.3, -0.25) is 4.79 Å². The van der Waals surface area contributed by atoms with E-state index < -0.39 is 23.6 Å². The topological polar surface area (TPSA) is 109 Å². The highest BCUT2D eigenvalue weighted by molar-refractivity contribution is 6.42. The molecule has 0 aliphatic carbocycles. The van der Waals surface area contributed by atoms with Crippen molar-refractivity contribution in [2.24, 2.45) is 5.73 Å². The van der Waals surface area contributed by atoms with Crippen molar-refractivity contribution in [1.82, 2.24) is 5.32 Å². The fourth-order valence-corrected chi connectivity index (χ4v) is 3.02. The van der Waals surface area contributed by atoms with Crippen molar-refractivity contribution in [3.05, 3.63) is 63.0 Å². The Balaban J connectivity index is 2.18. The summed E-state index contributed by atoms with van der Waals surface area (Å²) < 4.78 is 31.7. The molecule has 1 heterocycles. The van der Waals surface area contributed by atoms with Gasteiger partial charge in [-0.05, 0) is 35.7 Å². The van der Waals surface area contributed by atoms with Crippen molar-refractivity contribution in [3.8, 4) is 0 Å². The number of allylic oxidation sites excluding steroid dienone is 1. The van der Waals surface area contributed by atoms with Crippen LogP contribution >= 0.6 is 23.2 Å². The fourth-order valence-electron chi connectivity index (χ4n) is 2.57. The van der Waals surface area contributed by atoms with Crippen LogP contribution in [0.4, 0.5) is 8.78 Å². The maximum Gasteiger partial charge on any atom is 0.287 e. The van der Waals surface area contributed by atoms with E-state index in [0.29, 0.717) is 16.8 Å². The number of hydrogen-bond acceptors (Lipinski definition) is 4. The summed E-state index contributed by atoms with van der Waals surface area (Å²) in [5, 5.41) is 11.6. The summed E-state index contributed by atoms with van der Waals surface area (Å²) in [6.45, 7) is 0.0690. The number of rotatable bonds is 8. The second-order valence-corrected chi connectivity index (χ2v) is 6.60. The minimum absolute atomic E-state index is 0.0526. The molecule has 6 N–H and O–H groups in total. The van der Waals surface area contributed by atoms with Crippen LogP contribution in [0.15, 0.2) is 33.7 Å². The van der Waals surface area contributed by atoms with Gasteiger partial charge in [0.1, 0.15) is 5.03 Å². The molecule has 0 fully saturated rings. The number of furan rings is 1. The average Bonchev–Trinajstić information content (AvgIpc) is 3.06. The van der Waals surface area contributed by atoms with Crippen LogP contribution in [0.5, 0.6) is 0 Å². The Kier molecular flexibility index (Phi) is 7.70. The Hall–Kier alpha value is -2.26. The molecule has 0 aliphatic heterocycles. The quantitative estimate of drug-likeness (QED) is 0.481. The van der Waals surface area contributed by atoms with Gasteiger partial charge in [0.25, 0.3) is 5.91 Å². The predicted octanol–water partition coefficient (Wildman–Crippen LogP) is 2.26. The van der Waals surface area contributed by atoms with Crippen molar-refractivity contribution in [2.45, 2.75) is 12.5 Å². The molecule has 1 aromatic heterocycles. The molecule has 0 aliphatic rings. The molecular formula is C18H19Cl2F2N4O2+. The van der Waals surface area contributed by atoms with Crippen LogP contribution < -0.4 is 16.4 Å². The number of nitrogens with two attached hydrogens (primary N) is 2. The number of nitrogens with one attached hydrogen (secondary N) is 2. The average molecular weight is 432 g/mol. The third-order valence-electron chi connectivity index (χ3n) is 3.96. The van der Waals surface area contributed by atoms with Crippen LogP contribution in [0.25, 0.3) is 5.70 Å². The maximum absolute atomic E-state index is 13.4. The van der Waals surface area contributed by atoms with Crippen LogP contribution in [0, 0.1) is 17.0 Å². The molecule has 2 aromatic rings. The minimum Gasteiger partial charge on any atom is -0.439 e. The molecule has 0 saturated heterocycles. The van der Waals surface area contributed by atoms with Crippen LogP contribution in [0.2, 0.25) is 5.22 Å². The summed E-state index contributed by atoms with van der Waals surface area (Å²) in [6, 6.07) is 4.36. The number of carbonyl (C=O) groups is 1. The molecule has 6 nitrogen and oxygen atoms in total. The molecule has 0 spiro atoms. The van der Waals surface area contributed by atoms with Crippen molar-refractivity contribution in [3.63, 3.8) is 0 Å². The number of benzene rings is 1. The second kappa shape index (κ2) is 9.79. The summed E-state index contributed by atoms with van der Waals surface area (Å²) in [6.07, 6.45) is 1.15. The van der Waals surface area contributed by atoms with Gasteiger partial charge < -0.3 is 26.2 Å². The first kappa shape index (κ1) is 22.0.